The largest absolute Gasteiger partial charge is 0.469 e. The Labute approximate surface area is 95.0 Å². The van der Waals surface area contributed by atoms with Crippen LogP contribution in [0.25, 0.3) is 0 Å². The van der Waals surface area contributed by atoms with E-state index in [1.165, 1.54) is 19.2 Å². The van der Waals surface area contributed by atoms with E-state index in [2.05, 4.69) is 20.7 Å². The molecule has 1 N–H and O–H groups in total. The number of aliphatic hydroxyl groups is 1. The van der Waals surface area contributed by atoms with E-state index < -0.39 is 17.9 Å². The summed E-state index contributed by atoms with van der Waals surface area (Å²) in [7, 11) is 1.23. The Balaban J connectivity index is 2.78. The number of benzene rings is 1. The van der Waals surface area contributed by atoms with Crippen LogP contribution in [0.4, 0.5) is 4.39 Å². The summed E-state index contributed by atoms with van der Waals surface area (Å²) >= 11 is 2.99. The highest BCUT2D eigenvalue weighted by atomic mass is 79.9. The Kier molecular flexibility index (Phi) is 4.23. The molecule has 0 spiro atoms. The first-order valence-electron chi connectivity index (χ1n) is 4.24. The molecule has 1 aromatic rings. The molecule has 15 heavy (non-hydrogen) atoms. The van der Waals surface area contributed by atoms with Gasteiger partial charge in [-0.2, -0.15) is 0 Å². The minimum Gasteiger partial charge on any atom is -0.469 e. The van der Waals surface area contributed by atoms with Crippen LogP contribution in [0.2, 0.25) is 0 Å². The molecular formula is C10H10BrFO3. The quantitative estimate of drug-likeness (QED) is 0.861. The van der Waals surface area contributed by atoms with Gasteiger partial charge in [0.15, 0.2) is 0 Å². The van der Waals surface area contributed by atoms with Crippen LogP contribution < -0.4 is 0 Å². The second-order valence-electron chi connectivity index (χ2n) is 2.97. The van der Waals surface area contributed by atoms with Crippen molar-refractivity contribution in [1.82, 2.24) is 0 Å². The predicted octanol–water partition coefficient (Wildman–Crippen LogP) is 2.18. The molecule has 3 nitrogen and oxygen atoms in total. The van der Waals surface area contributed by atoms with Crippen LogP contribution in [0.1, 0.15) is 18.1 Å². The lowest BCUT2D eigenvalue weighted by molar-refractivity contribution is -0.142. The van der Waals surface area contributed by atoms with E-state index in [1.54, 1.807) is 6.07 Å². The second-order valence-corrected chi connectivity index (χ2v) is 3.82. The molecule has 0 amide bonds. The average molecular weight is 277 g/mol. The third kappa shape index (κ3) is 3.28. The Morgan fingerprint density at radius 1 is 1.67 bits per heavy atom. The second kappa shape index (κ2) is 5.23. The molecule has 0 aromatic heterocycles. The summed E-state index contributed by atoms with van der Waals surface area (Å²) in [5.41, 5.74) is 0.348. The van der Waals surface area contributed by atoms with Crippen molar-refractivity contribution >= 4 is 21.9 Å². The summed E-state index contributed by atoms with van der Waals surface area (Å²) in [4.78, 5) is 10.9. The van der Waals surface area contributed by atoms with Crippen molar-refractivity contribution in [3.63, 3.8) is 0 Å². The highest BCUT2D eigenvalue weighted by molar-refractivity contribution is 9.10. The molecule has 1 rings (SSSR count). The fraction of sp³-hybridized carbons (Fsp3) is 0.300. The van der Waals surface area contributed by atoms with Gasteiger partial charge in [0.2, 0.25) is 0 Å². The summed E-state index contributed by atoms with van der Waals surface area (Å²) in [5, 5.41) is 9.55. The highest BCUT2D eigenvalue weighted by Crippen LogP contribution is 2.22. The molecule has 82 valence electrons. The maximum atomic E-state index is 13.1. The number of carbonyl (C=O) groups is 1. The fourth-order valence-corrected chi connectivity index (χ4v) is 1.33. The van der Waals surface area contributed by atoms with Crippen LogP contribution in [-0.2, 0) is 9.53 Å². The number of halogens is 2. The van der Waals surface area contributed by atoms with Gasteiger partial charge in [0.05, 0.1) is 24.1 Å². The number of hydrogen-bond donors (Lipinski definition) is 1. The summed E-state index contributed by atoms with van der Waals surface area (Å²) in [6, 6.07) is 4.20. The molecule has 0 saturated heterocycles. The van der Waals surface area contributed by atoms with Gasteiger partial charge in [0.1, 0.15) is 5.82 Å². The molecule has 0 aliphatic rings. The first-order valence-corrected chi connectivity index (χ1v) is 5.03. The molecule has 0 saturated carbocycles. The van der Waals surface area contributed by atoms with Crippen LogP contribution in [0.3, 0.4) is 0 Å². The van der Waals surface area contributed by atoms with E-state index in [-0.39, 0.29) is 6.42 Å². The van der Waals surface area contributed by atoms with Gasteiger partial charge in [0, 0.05) is 0 Å². The van der Waals surface area contributed by atoms with Gasteiger partial charge in [-0.05, 0) is 33.6 Å². The van der Waals surface area contributed by atoms with Crippen LogP contribution in [0.15, 0.2) is 22.7 Å². The molecule has 1 aromatic carbocycles. The number of esters is 1. The van der Waals surface area contributed by atoms with Gasteiger partial charge < -0.3 is 9.84 Å². The minimum atomic E-state index is -1.04. The smallest absolute Gasteiger partial charge is 0.308 e. The van der Waals surface area contributed by atoms with E-state index in [1.807, 2.05) is 0 Å². The number of aliphatic hydroxyl groups excluding tert-OH is 1. The standard InChI is InChI=1S/C10H10BrFO3/c1-15-10(14)5-9(13)6-2-3-7(11)8(12)4-6/h2-4,9,13H,5H2,1H3/t9-/m0/s1. The van der Waals surface area contributed by atoms with E-state index in [4.69, 9.17) is 0 Å². The summed E-state index contributed by atoms with van der Waals surface area (Å²) in [6.07, 6.45) is -1.22. The Morgan fingerprint density at radius 3 is 2.87 bits per heavy atom. The first kappa shape index (κ1) is 12.1. The third-order valence-corrected chi connectivity index (χ3v) is 2.56. The zero-order valence-electron chi connectivity index (χ0n) is 8.04. The van der Waals surface area contributed by atoms with Crippen LogP contribution >= 0.6 is 15.9 Å². The number of methoxy groups -OCH3 is 1. The first-order chi connectivity index (χ1) is 7.04. The predicted molar refractivity (Wildman–Crippen MR) is 55.7 cm³/mol. The number of carbonyl (C=O) groups excluding carboxylic acids is 1. The monoisotopic (exact) mass is 276 g/mol. The molecule has 0 aliphatic carbocycles. The third-order valence-electron chi connectivity index (χ3n) is 1.92. The molecule has 0 unspecified atom stereocenters. The normalized spacial score (nSPS) is 12.3. The Morgan fingerprint density at radius 2 is 2.33 bits per heavy atom. The van der Waals surface area contributed by atoms with E-state index >= 15 is 0 Å². The molecule has 0 bridgehead atoms. The lowest BCUT2D eigenvalue weighted by Crippen LogP contribution is -2.08. The lowest BCUT2D eigenvalue weighted by atomic mass is 10.1. The fourth-order valence-electron chi connectivity index (χ4n) is 1.08. The Hall–Kier alpha value is -0.940. The number of rotatable bonds is 3. The topological polar surface area (TPSA) is 46.5 Å². The molecule has 0 heterocycles. The van der Waals surface area contributed by atoms with Crippen LogP contribution in [0, 0.1) is 5.82 Å². The van der Waals surface area contributed by atoms with E-state index in [0.717, 1.165) is 0 Å². The Bertz CT molecular complexity index is 368. The lowest BCUT2D eigenvalue weighted by Gasteiger charge is -2.09. The summed E-state index contributed by atoms with van der Waals surface area (Å²) in [6.45, 7) is 0. The molecule has 0 aliphatic heterocycles. The van der Waals surface area contributed by atoms with Crippen molar-refractivity contribution in [2.75, 3.05) is 7.11 Å². The van der Waals surface area contributed by atoms with Gasteiger partial charge in [-0.3, -0.25) is 4.79 Å². The van der Waals surface area contributed by atoms with Crippen LogP contribution in [-0.4, -0.2) is 18.2 Å². The van der Waals surface area contributed by atoms with E-state index in [0.29, 0.717) is 10.0 Å². The summed E-state index contributed by atoms with van der Waals surface area (Å²) in [5.74, 6) is -1.01. The molecule has 0 fully saturated rings. The maximum Gasteiger partial charge on any atom is 0.308 e. The van der Waals surface area contributed by atoms with Gasteiger partial charge in [-0.1, -0.05) is 6.07 Å². The van der Waals surface area contributed by atoms with E-state index in [9.17, 15) is 14.3 Å². The number of ether oxygens (including phenoxy) is 1. The van der Waals surface area contributed by atoms with Gasteiger partial charge in [-0.15, -0.1) is 0 Å². The molecule has 0 radical (unpaired) electrons. The van der Waals surface area contributed by atoms with Crippen molar-refractivity contribution in [3.8, 4) is 0 Å². The average Bonchev–Trinajstić information content (AvgIpc) is 2.21. The van der Waals surface area contributed by atoms with Crippen molar-refractivity contribution < 1.29 is 19.0 Å². The highest BCUT2D eigenvalue weighted by Gasteiger charge is 2.14. The van der Waals surface area contributed by atoms with Gasteiger partial charge in [-0.25, -0.2) is 4.39 Å². The van der Waals surface area contributed by atoms with Crippen molar-refractivity contribution in [2.24, 2.45) is 0 Å². The van der Waals surface area contributed by atoms with Crippen molar-refractivity contribution in [1.29, 1.82) is 0 Å². The molecule has 5 heteroatoms. The maximum absolute atomic E-state index is 13.1. The number of hydrogen-bond acceptors (Lipinski definition) is 3. The molecule has 1 atom stereocenters. The van der Waals surface area contributed by atoms with Gasteiger partial charge >= 0.3 is 5.97 Å². The van der Waals surface area contributed by atoms with Crippen LogP contribution in [0.5, 0.6) is 0 Å². The van der Waals surface area contributed by atoms with Gasteiger partial charge in [0.25, 0.3) is 0 Å². The zero-order chi connectivity index (χ0) is 11.4. The molecular weight excluding hydrogens is 267 g/mol. The minimum absolute atomic E-state index is 0.183. The SMILES string of the molecule is COC(=O)C[C@H](O)c1ccc(Br)c(F)c1. The van der Waals surface area contributed by atoms with Crippen molar-refractivity contribution in [2.45, 2.75) is 12.5 Å². The summed E-state index contributed by atoms with van der Waals surface area (Å²) < 4.78 is 17.8. The van der Waals surface area contributed by atoms with Crippen molar-refractivity contribution in [3.05, 3.63) is 34.1 Å². The zero-order valence-corrected chi connectivity index (χ0v) is 9.62.